The lowest BCUT2D eigenvalue weighted by molar-refractivity contribution is -0.117. The van der Waals surface area contributed by atoms with Crippen LogP contribution in [0.2, 0.25) is 0 Å². The van der Waals surface area contributed by atoms with Gasteiger partial charge in [-0.1, -0.05) is 32.0 Å². The second-order valence-corrected chi connectivity index (χ2v) is 5.25. The Morgan fingerprint density at radius 1 is 1.29 bits per heavy atom. The van der Waals surface area contributed by atoms with Crippen LogP contribution in [0.5, 0.6) is 0 Å². The van der Waals surface area contributed by atoms with E-state index in [9.17, 15) is 4.79 Å². The Balaban J connectivity index is 2.74. The van der Waals surface area contributed by atoms with E-state index in [2.05, 4.69) is 51.2 Å². The molecule has 0 aliphatic rings. The van der Waals surface area contributed by atoms with Crippen molar-refractivity contribution in [3.8, 4) is 0 Å². The average Bonchev–Trinajstić information content (AvgIpc) is 2.21. The largest absolute Gasteiger partial charge is 0.369 e. The number of benzene rings is 1. The van der Waals surface area contributed by atoms with Crippen molar-refractivity contribution in [2.45, 2.75) is 33.1 Å². The maximum Gasteiger partial charge on any atom is 0.231 e. The minimum Gasteiger partial charge on any atom is -0.369 e. The van der Waals surface area contributed by atoms with E-state index in [4.69, 9.17) is 5.73 Å². The van der Waals surface area contributed by atoms with Crippen molar-refractivity contribution >= 4 is 5.91 Å². The van der Waals surface area contributed by atoms with Crippen LogP contribution in [0.1, 0.15) is 30.5 Å². The van der Waals surface area contributed by atoms with Gasteiger partial charge in [0.25, 0.3) is 0 Å². The van der Waals surface area contributed by atoms with Crippen LogP contribution in [0.15, 0.2) is 18.2 Å². The summed E-state index contributed by atoms with van der Waals surface area (Å²) in [5.41, 5.74) is 8.97. The number of nitrogens with one attached hydrogen (secondary N) is 1. The molecule has 1 rings (SSSR count). The molecule has 0 aliphatic carbocycles. The van der Waals surface area contributed by atoms with Crippen LogP contribution >= 0.6 is 0 Å². The lowest BCUT2D eigenvalue weighted by Crippen LogP contribution is -2.37. The van der Waals surface area contributed by atoms with Gasteiger partial charge in [-0.25, -0.2) is 0 Å². The summed E-state index contributed by atoms with van der Waals surface area (Å²) >= 11 is 0. The number of primary amides is 1. The van der Waals surface area contributed by atoms with E-state index in [0.29, 0.717) is 0 Å². The maximum atomic E-state index is 10.7. The van der Waals surface area contributed by atoms with Gasteiger partial charge in [0.05, 0.1) is 6.54 Å². The van der Waals surface area contributed by atoms with E-state index in [1.54, 1.807) is 0 Å². The predicted octanol–water partition coefficient (Wildman–Crippen LogP) is 1.66. The summed E-state index contributed by atoms with van der Waals surface area (Å²) in [6, 6.07) is 6.50. The third-order valence-electron chi connectivity index (χ3n) is 3.15. The molecule has 1 aromatic rings. The highest BCUT2D eigenvalue weighted by Gasteiger charge is 2.20. The van der Waals surface area contributed by atoms with Gasteiger partial charge in [-0.05, 0) is 30.5 Å². The van der Waals surface area contributed by atoms with Gasteiger partial charge in [-0.15, -0.1) is 0 Å². The summed E-state index contributed by atoms with van der Waals surface area (Å²) < 4.78 is 0. The van der Waals surface area contributed by atoms with E-state index < -0.39 is 0 Å². The van der Waals surface area contributed by atoms with Gasteiger partial charge in [0.2, 0.25) is 5.91 Å². The Morgan fingerprint density at radius 3 is 2.47 bits per heavy atom. The summed E-state index contributed by atoms with van der Waals surface area (Å²) in [5.74, 6) is -0.319. The van der Waals surface area contributed by atoms with Crippen molar-refractivity contribution < 1.29 is 4.79 Å². The van der Waals surface area contributed by atoms with Gasteiger partial charge in [-0.2, -0.15) is 0 Å². The Labute approximate surface area is 103 Å². The highest BCUT2D eigenvalue weighted by atomic mass is 16.1. The molecule has 0 saturated carbocycles. The Kier molecular flexibility index (Phi) is 4.29. The summed E-state index contributed by atoms with van der Waals surface area (Å²) in [5, 5.41) is 3.08. The molecule has 1 aromatic carbocycles. The van der Waals surface area contributed by atoms with Gasteiger partial charge in [-0.3, -0.25) is 4.79 Å². The van der Waals surface area contributed by atoms with Gasteiger partial charge in [0.1, 0.15) is 0 Å². The smallest absolute Gasteiger partial charge is 0.231 e. The van der Waals surface area contributed by atoms with E-state index in [-0.39, 0.29) is 17.9 Å². The van der Waals surface area contributed by atoms with Crippen LogP contribution in [0, 0.1) is 13.8 Å². The summed E-state index contributed by atoms with van der Waals surface area (Å²) in [7, 11) is 0. The molecule has 0 heterocycles. The number of carbonyl (C=O) groups is 1. The number of hydrogen-bond donors (Lipinski definition) is 2. The van der Waals surface area contributed by atoms with Gasteiger partial charge >= 0.3 is 0 Å². The fourth-order valence-corrected chi connectivity index (χ4v) is 1.76. The molecule has 3 heteroatoms. The fraction of sp³-hybridized carbons (Fsp3) is 0.500. The summed E-state index contributed by atoms with van der Waals surface area (Å²) in [6.45, 7) is 9.51. The number of nitrogens with two attached hydrogens (primary N) is 1. The molecule has 3 nitrogen and oxygen atoms in total. The zero-order chi connectivity index (χ0) is 13.1. The first-order valence-electron chi connectivity index (χ1n) is 5.90. The molecule has 0 bridgehead atoms. The Morgan fingerprint density at radius 2 is 1.94 bits per heavy atom. The molecule has 0 saturated heterocycles. The number of hydrogen-bond acceptors (Lipinski definition) is 2. The van der Waals surface area contributed by atoms with E-state index in [1.165, 1.54) is 16.7 Å². The topological polar surface area (TPSA) is 55.1 Å². The highest BCUT2D eigenvalue weighted by molar-refractivity contribution is 5.75. The number of rotatable bonds is 5. The van der Waals surface area contributed by atoms with Crippen molar-refractivity contribution in [2.24, 2.45) is 5.73 Å². The first-order chi connectivity index (χ1) is 7.83. The summed E-state index contributed by atoms with van der Waals surface area (Å²) in [4.78, 5) is 10.7. The number of aryl methyl sites for hydroxylation is 2. The molecule has 0 fully saturated rings. The lowest BCUT2D eigenvalue weighted by Gasteiger charge is -2.26. The number of amides is 1. The second kappa shape index (κ2) is 5.32. The molecular formula is C14H22N2O. The molecule has 0 atom stereocenters. The molecule has 3 N–H and O–H groups in total. The second-order valence-electron chi connectivity index (χ2n) is 5.25. The molecule has 0 radical (unpaired) electrons. The van der Waals surface area contributed by atoms with Crippen LogP contribution < -0.4 is 11.1 Å². The minimum atomic E-state index is -0.319. The zero-order valence-corrected chi connectivity index (χ0v) is 11.1. The zero-order valence-electron chi connectivity index (χ0n) is 11.1. The first-order valence-corrected chi connectivity index (χ1v) is 5.90. The van der Waals surface area contributed by atoms with Crippen molar-refractivity contribution in [1.82, 2.24) is 5.32 Å². The SMILES string of the molecule is Cc1ccc(C(C)(C)CNCC(N)=O)cc1C. The molecule has 94 valence electrons. The maximum absolute atomic E-state index is 10.7. The Hall–Kier alpha value is -1.35. The molecular weight excluding hydrogens is 212 g/mol. The third-order valence-corrected chi connectivity index (χ3v) is 3.15. The molecule has 0 spiro atoms. The van der Waals surface area contributed by atoms with Crippen LogP contribution in [0.25, 0.3) is 0 Å². The monoisotopic (exact) mass is 234 g/mol. The molecule has 0 unspecified atom stereocenters. The van der Waals surface area contributed by atoms with Crippen molar-refractivity contribution in [3.63, 3.8) is 0 Å². The van der Waals surface area contributed by atoms with E-state index in [1.807, 2.05) is 0 Å². The minimum absolute atomic E-state index is 0.00604. The van der Waals surface area contributed by atoms with Crippen molar-refractivity contribution in [2.75, 3.05) is 13.1 Å². The van der Waals surface area contributed by atoms with Crippen LogP contribution in [-0.4, -0.2) is 19.0 Å². The van der Waals surface area contributed by atoms with Gasteiger partial charge < -0.3 is 11.1 Å². The standard InChI is InChI=1S/C14H22N2O/c1-10-5-6-12(7-11(10)2)14(3,4)9-16-8-13(15)17/h5-7,16H,8-9H2,1-4H3,(H2,15,17). The molecule has 0 aromatic heterocycles. The van der Waals surface area contributed by atoms with Crippen molar-refractivity contribution in [1.29, 1.82) is 0 Å². The molecule has 0 aliphatic heterocycles. The van der Waals surface area contributed by atoms with Gasteiger partial charge in [0.15, 0.2) is 0 Å². The Bertz CT molecular complexity index is 411. The first kappa shape index (κ1) is 13.7. The van der Waals surface area contributed by atoms with Gasteiger partial charge in [0, 0.05) is 12.0 Å². The fourth-order valence-electron chi connectivity index (χ4n) is 1.76. The molecule has 17 heavy (non-hydrogen) atoms. The quantitative estimate of drug-likeness (QED) is 0.814. The third kappa shape index (κ3) is 3.86. The average molecular weight is 234 g/mol. The normalized spacial score (nSPS) is 11.5. The van der Waals surface area contributed by atoms with E-state index >= 15 is 0 Å². The van der Waals surface area contributed by atoms with Crippen LogP contribution in [0.3, 0.4) is 0 Å². The lowest BCUT2D eigenvalue weighted by atomic mass is 9.83. The summed E-state index contributed by atoms with van der Waals surface area (Å²) in [6.07, 6.45) is 0. The van der Waals surface area contributed by atoms with E-state index in [0.717, 1.165) is 6.54 Å². The van der Waals surface area contributed by atoms with Crippen molar-refractivity contribution in [3.05, 3.63) is 34.9 Å². The van der Waals surface area contributed by atoms with Crippen LogP contribution in [0.4, 0.5) is 0 Å². The molecule has 1 amide bonds. The predicted molar refractivity (Wildman–Crippen MR) is 71.0 cm³/mol. The van der Waals surface area contributed by atoms with Crippen LogP contribution in [-0.2, 0) is 10.2 Å². The highest BCUT2D eigenvalue weighted by Crippen LogP contribution is 2.24. The number of carbonyl (C=O) groups excluding carboxylic acids is 1.